The highest BCUT2D eigenvalue weighted by molar-refractivity contribution is 6.21. The average Bonchev–Trinajstić information content (AvgIpc) is 2.74. The molecule has 1 aromatic heterocycles. The van der Waals surface area contributed by atoms with Crippen molar-refractivity contribution in [3.8, 4) is 0 Å². The Labute approximate surface area is 111 Å². The molecular weight excluding hydrogens is 277 g/mol. The number of benzene rings is 2. The second kappa shape index (κ2) is 4.17. The summed E-state index contributed by atoms with van der Waals surface area (Å²) in [5.41, 5.74) is 1.22. The molecule has 0 spiro atoms. The highest BCUT2D eigenvalue weighted by atomic mass is 35.5. The number of para-hydroxylation sites is 1. The zero-order chi connectivity index (χ0) is 13.6. The molecule has 0 aliphatic carbocycles. The van der Waals surface area contributed by atoms with Crippen molar-refractivity contribution in [2.45, 2.75) is 11.6 Å². The van der Waals surface area contributed by atoms with E-state index in [1.807, 2.05) is 18.2 Å². The quantitative estimate of drug-likeness (QED) is 0.543. The van der Waals surface area contributed by atoms with Crippen LogP contribution in [0.3, 0.4) is 0 Å². The molecule has 0 radical (unpaired) electrons. The van der Waals surface area contributed by atoms with Crippen molar-refractivity contribution in [2.24, 2.45) is 0 Å². The summed E-state index contributed by atoms with van der Waals surface area (Å²) in [6.45, 7) is 0. The number of hydrogen-bond acceptors (Lipinski definition) is 1. The number of furan rings is 1. The van der Waals surface area contributed by atoms with Gasteiger partial charge in [-0.3, -0.25) is 0 Å². The van der Waals surface area contributed by atoms with Gasteiger partial charge in [-0.25, -0.2) is 0 Å². The Hall–Kier alpha value is -1.68. The molecule has 0 aliphatic heterocycles. The molecule has 0 aliphatic rings. The summed E-state index contributed by atoms with van der Waals surface area (Å²) in [6, 6.07) is 11.5. The summed E-state index contributed by atoms with van der Waals surface area (Å²) < 4.78 is 43.4. The minimum Gasteiger partial charge on any atom is -0.456 e. The van der Waals surface area contributed by atoms with Gasteiger partial charge in [-0.15, -0.1) is 11.6 Å². The smallest absolute Gasteiger partial charge is 0.408 e. The van der Waals surface area contributed by atoms with E-state index in [0.29, 0.717) is 16.6 Å². The monoisotopic (exact) mass is 284 g/mol. The third-order valence-electron chi connectivity index (χ3n) is 2.98. The van der Waals surface area contributed by atoms with E-state index in [9.17, 15) is 13.2 Å². The van der Waals surface area contributed by atoms with Crippen molar-refractivity contribution in [2.75, 3.05) is 0 Å². The van der Waals surface area contributed by atoms with Gasteiger partial charge in [0.2, 0.25) is 0 Å². The Bertz CT molecular complexity index is 745. The van der Waals surface area contributed by atoms with E-state index in [0.717, 1.165) is 5.39 Å². The highest BCUT2D eigenvalue weighted by Crippen LogP contribution is 2.40. The van der Waals surface area contributed by atoms with Crippen LogP contribution in [0.5, 0.6) is 0 Å². The van der Waals surface area contributed by atoms with Gasteiger partial charge in [0.25, 0.3) is 0 Å². The molecule has 0 bridgehead atoms. The summed E-state index contributed by atoms with van der Waals surface area (Å²) in [7, 11) is 0. The first-order chi connectivity index (χ1) is 8.97. The van der Waals surface area contributed by atoms with Crippen LogP contribution in [0.2, 0.25) is 0 Å². The van der Waals surface area contributed by atoms with E-state index < -0.39 is 11.6 Å². The van der Waals surface area contributed by atoms with Crippen molar-refractivity contribution >= 4 is 33.5 Å². The lowest BCUT2D eigenvalue weighted by atomic mass is 10.1. The molecule has 1 nitrogen and oxygen atoms in total. The van der Waals surface area contributed by atoms with E-state index in [-0.39, 0.29) is 5.56 Å². The number of hydrogen-bond donors (Lipinski definition) is 0. The lowest BCUT2D eigenvalue weighted by Crippen LogP contribution is -2.15. The number of rotatable bonds is 1. The van der Waals surface area contributed by atoms with Gasteiger partial charge in [0.1, 0.15) is 11.2 Å². The van der Waals surface area contributed by atoms with Gasteiger partial charge in [-0.1, -0.05) is 24.3 Å². The predicted octanol–water partition coefficient (Wildman–Crippen LogP) is 5.43. The van der Waals surface area contributed by atoms with Crippen molar-refractivity contribution in [1.29, 1.82) is 0 Å². The summed E-state index contributed by atoms with van der Waals surface area (Å²) >= 11 is 5.45. The lowest BCUT2D eigenvalue weighted by Gasteiger charge is -2.13. The molecule has 0 saturated heterocycles. The molecule has 0 fully saturated rings. The fourth-order valence-electron chi connectivity index (χ4n) is 2.09. The van der Waals surface area contributed by atoms with Gasteiger partial charge in [0.05, 0.1) is 0 Å². The SMILES string of the molecule is FC(F)(F)C(Cl)c1ccc2oc3ccccc3c2c1. The standard InChI is InChI=1S/C14H8ClF3O/c15-13(14(16,17)18)8-5-6-12-10(7-8)9-3-1-2-4-11(9)19-12/h1-7,13H. The van der Waals surface area contributed by atoms with Crippen LogP contribution >= 0.6 is 11.6 Å². The minimum atomic E-state index is -4.46. The zero-order valence-corrected chi connectivity index (χ0v) is 10.3. The first-order valence-electron chi connectivity index (χ1n) is 5.59. The summed E-state index contributed by atoms with van der Waals surface area (Å²) in [4.78, 5) is 0. The number of fused-ring (bicyclic) bond motifs is 3. The van der Waals surface area contributed by atoms with Crippen molar-refractivity contribution in [3.05, 3.63) is 48.0 Å². The van der Waals surface area contributed by atoms with E-state index in [1.165, 1.54) is 18.2 Å². The fraction of sp³-hybridized carbons (Fsp3) is 0.143. The molecule has 1 unspecified atom stereocenters. The normalized spacial score (nSPS) is 14.1. The largest absolute Gasteiger partial charge is 0.456 e. The number of halogens is 4. The molecular formula is C14H8ClF3O. The van der Waals surface area contributed by atoms with Crippen LogP contribution in [0.15, 0.2) is 46.9 Å². The summed E-state index contributed by atoms with van der Waals surface area (Å²) in [5.74, 6) is 0. The molecule has 0 saturated carbocycles. The van der Waals surface area contributed by atoms with Gasteiger partial charge < -0.3 is 4.42 Å². The molecule has 0 amide bonds. The van der Waals surface area contributed by atoms with Crippen LogP contribution in [-0.2, 0) is 0 Å². The molecule has 3 rings (SSSR count). The Balaban J connectivity index is 2.22. The van der Waals surface area contributed by atoms with Crippen molar-refractivity contribution < 1.29 is 17.6 Å². The van der Waals surface area contributed by atoms with Gasteiger partial charge in [-0.05, 0) is 23.8 Å². The summed E-state index contributed by atoms with van der Waals surface area (Å²) in [6.07, 6.45) is -4.46. The Morgan fingerprint density at radius 1 is 0.947 bits per heavy atom. The zero-order valence-electron chi connectivity index (χ0n) is 9.54. The second-order valence-electron chi connectivity index (χ2n) is 4.26. The molecule has 19 heavy (non-hydrogen) atoms. The summed E-state index contributed by atoms with van der Waals surface area (Å²) in [5, 5.41) is -0.584. The van der Waals surface area contributed by atoms with Crippen LogP contribution in [0.25, 0.3) is 21.9 Å². The van der Waals surface area contributed by atoms with Gasteiger partial charge in [-0.2, -0.15) is 13.2 Å². The van der Waals surface area contributed by atoms with Gasteiger partial charge >= 0.3 is 6.18 Å². The third kappa shape index (κ3) is 2.06. The molecule has 98 valence electrons. The topological polar surface area (TPSA) is 13.1 Å². The van der Waals surface area contributed by atoms with Crippen molar-refractivity contribution in [1.82, 2.24) is 0 Å². The minimum absolute atomic E-state index is 0.0215. The number of alkyl halides is 4. The Kier molecular flexibility index (Phi) is 2.71. The lowest BCUT2D eigenvalue weighted by molar-refractivity contribution is -0.131. The van der Waals surface area contributed by atoms with Crippen LogP contribution in [0, 0.1) is 0 Å². The van der Waals surface area contributed by atoms with E-state index in [4.69, 9.17) is 16.0 Å². The Morgan fingerprint density at radius 2 is 1.63 bits per heavy atom. The van der Waals surface area contributed by atoms with Crippen LogP contribution < -0.4 is 0 Å². The molecule has 1 heterocycles. The van der Waals surface area contributed by atoms with E-state index in [1.54, 1.807) is 6.07 Å². The first-order valence-corrected chi connectivity index (χ1v) is 6.02. The first kappa shape index (κ1) is 12.4. The maximum absolute atomic E-state index is 12.6. The van der Waals surface area contributed by atoms with Gasteiger partial charge in [0, 0.05) is 10.8 Å². The molecule has 2 aromatic carbocycles. The fourth-order valence-corrected chi connectivity index (χ4v) is 2.23. The second-order valence-corrected chi connectivity index (χ2v) is 4.69. The third-order valence-corrected chi connectivity index (χ3v) is 3.48. The molecule has 1 atom stereocenters. The van der Waals surface area contributed by atoms with Crippen LogP contribution in [0.4, 0.5) is 13.2 Å². The van der Waals surface area contributed by atoms with E-state index >= 15 is 0 Å². The van der Waals surface area contributed by atoms with Gasteiger partial charge in [0.15, 0.2) is 5.38 Å². The molecule has 5 heteroatoms. The van der Waals surface area contributed by atoms with E-state index in [2.05, 4.69) is 0 Å². The Morgan fingerprint density at radius 3 is 2.37 bits per heavy atom. The molecule has 3 aromatic rings. The predicted molar refractivity (Wildman–Crippen MR) is 68.4 cm³/mol. The maximum Gasteiger partial charge on any atom is 0.408 e. The van der Waals surface area contributed by atoms with Crippen LogP contribution in [0.1, 0.15) is 10.9 Å². The van der Waals surface area contributed by atoms with Crippen LogP contribution in [-0.4, -0.2) is 6.18 Å². The highest BCUT2D eigenvalue weighted by Gasteiger charge is 2.39. The maximum atomic E-state index is 12.6. The van der Waals surface area contributed by atoms with Crippen molar-refractivity contribution in [3.63, 3.8) is 0 Å². The average molecular weight is 285 g/mol. The molecule has 0 N–H and O–H groups in total.